The van der Waals surface area contributed by atoms with Crippen LogP contribution in [-0.2, 0) is 4.79 Å². The van der Waals surface area contributed by atoms with Gasteiger partial charge in [-0.05, 0) is 43.2 Å². The molecule has 0 bridgehead atoms. The van der Waals surface area contributed by atoms with Crippen molar-refractivity contribution in [3.05, 3.63) is 63.7 Å². The number of para-hydroxylation sites is 2. The first kappa shape index (κ1) is 21.8. The summed E-state index contributed by atoms with van der Waals surface area (Å²) in [5.41, 5.74) is 3.85. The summed E-state index contributed by atoms with van der Waals surface area (Å²) in [4.78, 5) is 27.2. The molecular weight excluding hydrogens is 430 g/mol. The van der Waals surface area contributed by atoms with Crippen LogP contribution in [0.25, 0.3) is 11.5 Å². The van der Waals surface area contributed by atoms with Crippen molar-refractivity contribution < 1.29 is 14.1 Å². The van der Waals surface area contributed by atoms with Gasteiger partial charge in [0.15, 0.2) is 0 Å². The topological polar surface area (TPSA) is 106 Å². The average Bonchev–Trinajstić information content (AvgIpc) is 3.28. The second kappa shape index (κ2) is 9.39. The number of benzene rings is 2. The van der Waals surface area contributed by atoms with Gasteiger partial charge < -0.3 is 14.2 Å². The number of aryl methyl sites for hydroxylation is 2. The minimum Gasteiger partial charge on any atom is -0.411 e. The predicted molar refractivity (Wildman–Crippen MR) is 122 cm³/mol. The lowest BCUT2D eigenvalue weighted by molar-refractivity contribution is -0.384. The van der Waals surface area contributed by atoms with Crippen LogP contribution in [0.5, 0.6) is 0 Å². The zero-order valence-electron chi connectivity index (χ0n) is 17.9. The summed E-state index contributed by atoms with van der Waals surface area (Å²) < 4.78 is 5.71. The molecule has 0 spiro atoms. The summed E-state index contributed by atoms with van der Waals surface area (Å²) in [6, 6.07) is 12.6. The Morgan fingerprint density at radius 2 is 1.84 bits per heavy atom. The van der Waals surface area contributed by atoms with Gasteiger partial charge in [0.25, 0.3) is 10.9 Å². The molecule has 166 valence electrons. The Kier molecular flexibility index (Phi) is 6.40. The minimum absolute atomic E-state index is 0.0249. The van der Waals surface area contributed by atoms with E-state index >= 15 is 0 Å². The van der Waals surface area contributed by atoms with Crippen molar-refractivity contribution in [3.8, 4) is 11.5 Å². The van der Waals surface area contributed by atoms with Gasteiger partial charge in [-0.1, -0.05) is 30.0 Å². The van der Waals surface area contributed by atoms with Gasteiger partial charge in [-0.25, -0.2) is 0 Å². The second-order valence-electron chi connectivity index (χ2n) is 7.57. The molecule has 0 atom stereocenters. The van der Waals surface area contributed by atoms with Gasteiger partial charge in [-0.15, -0.1) is 10.2 Å². The summed E-state index contributed by atoms with van der Waals surface area (Å²) in [6.07, 6.45) is 0. The SMILES string of the molecule is Cc1ccc(-c2nnc(SCC(=O)N3CCN(c4ccccc4[N+](=O)[O-])CC3)o2)cc1C. The number of carbonyl (C=O) groups is 1. The van der Waals surface area contributed by atoms with Gasteiger partial charge >= 0.3 is 0 Å². The molecule has 3 aromatic rings. The molecule has 0 radical (unpaired) electrons. The Balaban J connectivity index is 1.31. The number of nitro groups is 1. The zero-order valence-corrected chi connectivity index (χ0v) is 18.7. The third kappa shape index (κ3) is 4.75. The largest absolute Gasteiger partial charge is 0.411 e. The summed E-state index contributed by atoms with van der Waals surface area (Å²) >= 11 is 1.21. The molecule has 1 fully saturated rings. The number of carbonyl (C=O) groups excluding carboxylic acids is 1. The number of hydrogen-bond acceptors (Lipinski definition) is 8. The number of aromatic nitrogens is 2. The number of amides is 1. The molecule has 1 saturated heterocycles. The van der Waals surface area contributed by atoms with E-state index in [1.165, 1.54) is 23.4 Å². The summed E-state index contributed by atoms with van der Waals surface area (Å²) in [5, 5.41) is 19.8. The van der Waals surface area contributed by atoms with Crippen molar-refractivity contribution in [3.63, 3.8) is 0 Å². The van der Waals surface area contributed by atoms with E-state index in [1.807, 2.05) is 36.9 Å². The molecule has 2 aromatic carbocycles. The molecule has 0 N–H and O–H groups in total. The van der Waals surface area contributed by atoms with Crippen molar-refractivity contribution in [1.82, 2.24) is 15.1 Å². The van der Waals surface area contributed by atoms with Crippen molar-refractivity contribution in [2.75, 3.05) is 36.8 Å². The quantitative estimate of drug-likeness (QED) is 0.316. The lowest BCUT2D eigenvalue weighted by Gasteiger charge is -2.35. The first-order chi connectivity index (χ1) is 15.4. The van der Waals surface area contributed by atoms with Crippen molar-refractivity contribution >= 4 is 29.0 Å². The van der Waals surface area contributed by atoms with Crippen molar-refractivity contribution in [1.29, 1.82) is 0 Å². The van der Waals surface area contributed by atoms with E-state index in [0.717, 1.165) is 11.1 Å². The lowest BCUT2D eigenvalue weighted by atomic mass is 10.1. The van der Waals surface area contributed by atoms with Gasteiger partial charge in [-0.2, -0.15) is 0 Å². The van der Waals surface area contributed by atoms with Crippen molar-refractivity contribution in [2.24, 2.45) is 0 Å². The van der Waals surface area contributed by atoms with E-state index in [0.29, 0.717) is 43.0 Å². The molecule has 1 aromatic heterocycles. The maximum absolute atomic E-state index is 12.6. The monoisotopic (exact) mass is 453 g/mol. The lowest BCUT2D eigenvalue weighted by Crippen LogP contribution is -2.49. The maximum Gasteiger partial charge on any atom is 0.292 e. The normalized spacial score (nSPS) is 13.9. The van der Waals surface area contributed by atoms with Crippen LogP contribution in [-0.4, -0.2) is 57.9 Å². The standard InChI is InChI=1S/C22H23N5O4S/c1-15-7-8-17(13-16(15)2)21-23-24-22(31-21)32-14-20(28)26-11-9-25(10-12-26)18-5-3-4-6-19(18)27(29)30/h3-8,13H,9-12,14H2,1-2H3. The third-order valence-corrected chi connectivity index (χ3v) is 6.33. The fourth-order valence-electron chi connectivity index (χ4n) is 3.56. The molecule has 0 aliphatic carbocycles. The number of rotatable bonds is 6. The van der Waals surface area contributed by atoms with Crippen LogP contribution in [0.1, 0.15) is 11.1 Å². The molecule has 0 unspecified atom stereocenters. The van der Waals surface area contributed by atoms with Crippen LogP contribution in [0.3, 0.4) is 0 Å². The summed E-state index contributed by atoms with van der Waals surface area (Å²) in [5.74, 6) is 0.601. The molecule has 32 heavy (non-hydrogen) atoms. The molecule has 0 saturated carbocycles. The Morgan fingerprint density at radius 3 is 2.56 bits per heavy atom. The molecule has 1 aliphatic rings. The van der Waals surface area contributed by atoms with Gasteiger partial charge in [0, 0.05) is 37.8 Å². The third-order valence-electron chi connectivity index (χ3n) is 5.53. The van der Waals surface area contributed by atoms with E-state index in [4.69, 9.17) is 4.42 Å². The van der Waals surface area contributed by atoms with Crippen LogP contribution in [0, 0.1) is 24.0 Å². The molecule has 2 heterocycles. The van der Waals surface area contributed by atoms with Gasteiger partial charge in [-0.3, -0.25) is 14.9 Å². The Hall–Kier alpha value is -3.40. The van der Waals surface area contributed by atoms with Gasteiger partial charge in [0.2, 0.25) is 11.8 Å². The predicted octanol–water partition coefficient (Wildman–Crippen LogP) is 3.70. The minimum atomic E-state index is -0.375. The fourth-order valence-corrected chi connectivity index (χ4v) is 4.22. The molecule has 1 amide bonds. The number of anilines is 1. The smallest absolute Gasteiger partial charge is 0.292 e. The highest BCUT2D eigenvalue weighted by atomic mass is 32.2. The van der Waals surface area contributed by atoms with Gasteiger partial charge in [0.05, 0.1) is 10.7 Å². The number of nitro benzene ring substituents is 1. The summed E-state index contributed by atoms with van der Waals surface area (Å²) in [7, 11) is 0. The van der Waals surface area contributed by atoms with Crippen molar-refractivity contribution in [2.45, 2.75) is 19.1 Å². The van der Waals surface area contributed by atoms with Crippen LogP contribution >= 0.6 is 11.8 Å². The van der Waals surface area contributed by atoms with E-state index in [2.05, 4.69) is 10.2 Å². The first-order valence-electron chi connectivity index (χ1n) is 10.2. The van der Waals surface area contributed by atoms with Gasteiger partial charge in [0.1, 0.15) is 5.69 Å². The van der Waals surface area contributed by atoms with Crippen LogP contribution in [0.15, 0.2) is 52.1 Å². The molecule has 4 rings (SSSR count). The van der Waals surface area contributed by atoms with Crippen LogP contribution < -0.4 is 4.90 Å². The first-order valence-corrected chi connectivity index (χ1v) is 11.2. The Bertz CT molecular complexity index is 1140. The van der Waals surface area contributed by atoms with E-state index in [9.17, 15) is 14.9 Å². The molecular formula is C22H23N5O4S. The Labute approximate surface area is 189 Å². The number of piperazine rings is 1. The van der Waals surface area contributed by atoms with Crippen LogP contribution in [0.4, 0.5) is 11.4 Å². The van der Waals surface area contributed by atoms with E-state index in [1.54, 1.807) is 23.1 Å². The fraction of sp³-hybridized carbons (Fsp3) is 0.318. The molecule has 1 aliphatic heterocycles. The highest BCUT2D eigenvalue weighted by Gasteiger charge is 2.25. The average molecular weight is 454 g/mol. The number of nitrogens with zero attached hydrogens (tertiary/aromatic N) is 5. The van der Waals surface area contributed by atoms with E-state index < -0.39 is 0 Å². The maximum atomic E-state index is 12.6. The number of thioether (sulfide) groups is 1. The molecule has 9 nitrogen and oxygen atoms in total. The molecule has 10 heteroatoms. The second-order valence-corrected chi connectivity index (χ2v) is 8.50. The highest BCUT2D eigenvalue weighted by Crippen LogP contribution is 2.29. The van der Waals surface area contributed by atoms with Crippen LogP contribution in [0.2, 0.25) is 0 Å². The zero-order chi connectivity index (χ0) is 22.7. The highest BCUT2D eigenvalue weighted by molar-refractivity contribution is 7.99. The number of hydrogen-bond donors (Lipinski definition) is 0. The van der Waals surface area contributed by atoms with E-state index in [-0.39, 0.29) is 22.3 Å². The summed E-state index contributed by atoms with van der Waals surface area (Å²) in [6.45, 7) is 6.16. The Morgan fingerprint density at radius 1 is 1.09 bits per heavy atom.